The van der Waals surface area contributed by atoms with E-state index in [0.29, 0.717) is 43.4 Å². The molecule has 0 spiro atoms. The lowest BCUT2D eigenvalue weighted by atomic mass is 10.1. The van der Waals surface area contributed by atoms with Crippen LogP contribution in [0.3, 0.4) is 0 Å². The minimum Gasteiger partial charge on any atom is -0.456 e. The highest BCUT2D eigenvalue weighted by Crippen LogP contribution is 2.21. The number of carbonyl (C=O) groups is 1. The zero-order valence-corrected chi connectivity index (χ0v) is 13.6. The number of nitrogens with zero attached hydrogens (tertiary/aromatic N) is 2. The molecule has 0 bridgehead atoms. The third-order valence-corrected chi connectivity index (χ3v) is 3.75. The standard InChI is InChI=1S/C18H20N2O4/c1-22-13-17-12-20(9-10-23-17)18(21)14-4-6-15(7-5-14)24-16-3-2-8-19-11-16/h2-8,11,17H,9-10,12-13H2,1H3/t17-/m0/s1. The van der Waals surface area contributed by atoms with Crippen LogP contribution >= 0.6 is 0 Å². The van der Waals surface area contributed by atoms with E-state index in [0.717, 1.165) is 0 Å². The van der Waals surface area contributed by atoms with Crippen LogP contribution < -0.4 is 4.74 Å². The second kappa shape index (κ2) is 7.90. The van der Waals surface area contributed by atoms with Gasteiger partial charge in [-0.15, -0.1) is 0 Å². The molecule has 6 heteroatoms. The Hall–Kier alpha value is -2.44. The monoisotopic (exact) mass is 328 g/mol. The number of ether oxygens (including phenoxy) is 3. The summed E-state index contributed by atoms with van der Waals surface area (Å²) in [5.41, 5.74) is 0.631. The molecule has 1 fully saturated rings. The third-order valence-electron chi connectivity index (χ3n) is 3.75. The summed E-state index contributed by atoms with van der Waals surface area (Å²) in [5.74, 6) is 1.32. The third kappa shape index (κ3) is 4.10. The van der Waals surface area contributed by atoms with Gasteiger partial charge in [-0.1, -0.05) is 0 Å². The van der Waals surface area contributed by atoms with Crippen molar-refractivity contribution in [1.29, 1.82) is 0 Å². The largest absolute Gasteiger partial charge is 0.456 e. The molecule has 0 radical (unpaired) electrons. The van der Waals surface area contributed by atoms with E-state index in [2.05, 4.69) is 4.98 Å². The van der Waals surface area contributed by atoms with Gasteiger partial charge in [0.05, 0.1) is 25.5 Å². The average molecular weight is 328 g/mol. The van der Waals surface area contributed by atoms with Gasteiger partial charge in [-0.25, -0.2) is 0 Å². The number of rotatable bonds is 5. The minimum absolute atomic E-state index is 0.00710. The number of hydrogen-bond acceptors (Lipinski definition) is 5. The van der Waals surface area contributed by atoms with Crippen molar-refractivity contribution in [1.82, 2.24) is 9.88 Å². The van der Waals surface area contributed by atoms with Gasteiger partial charge in [0.15, 0.2) is 0 Å². The number of methoxy groups -OCH3 is 1. The second-order valence-corrected chi connectivity index (χ2v) is 5.51. The first-order chi connectivity index (χ1) is 11.8. The topological polar surface area (TPSA) is 60.9 Å². The molecule has 126 valence electrons. The van der Waals surface area contributed by atoms with Crippen molar-refractivity contribution in [2.24, 2.45) is 0 Å². The number of hydrogen-bond donors (Lipinski definition) is 0. The Morgan fingerprint density at radius 1 is 1.29 bits per heavy atom. The summed E-state index contributed by atoms with van der Waals surface area (Å²) >= 11 is 0. The van der Waals surface area contributed by atoms with Gasteiger partial charge >= 0.3 is 0 Å². The Morgan fingerprint density at radius 2 is 2.12 bits per heavy atom. The summed E-state index contributed by atoms with van der Waals surface area (Å²) in [6, 6.07) is 10.8. The van der Waals surface area contributed by atoms with Crippen molar-refractivity contribution in [2.75, 3.05) is 33.4 Å². The van der Waals surface area contributed by atoms with Crippen molar-refractivity contribution < 1.29 is 19.0 Å². The predicted molar refractivity (Wildman–Crippen MR) is 88.3 cm³/mol. The van der Waals surface area contributed by atoms with Crippen LogP contribution in [0.5, 0.6) is 11.5 Å². The molecule has 24 heavy (non-hydrogen) atoms. The molecule has 1 saturated heterocycles. The number of amides is 1. The first kappa shape index (κ1) is 16.4. The fraction of sp³-hybridized carbons (Fsp3) is 0.333. The van der Waals surface area contributed by atoms with Crippen LogP contribution in [0.25, 0.3) is 0 Å². The molecule has 1 aliphatic rings. The first-order valence-corrected chi connectivity index (χ1v) is 7.84. The van der Waals surface area contributed by atoms with Crippen LogP contribution in [0.1, 0.15) is 10.4 Å². The number of morpholine rings is 1. The van der Waals surface area contributed by atoms with E-state index >= 15 is 0 Å². The number of aromatic nitrogens is 1. The maximum absolute atomic E-state index is 12.6. The van der Waals surface area contributed by atoms with E-state index in [9.17, 15) is 4.79 Å². The quantitative estimate of drug-likeness (QED) is 0.843. The lowest BCUT2D eigenvalue weighted by Gasteiger charge is -2.32. The van der Waals surface area contributed by atoms with Gasteiger partial charge in [-0.2, -0.15) is 0 Å². The summed E-state index contributed by atoms with van der Waals surface area (Å²) in [7, 11) is 1.63. The van der Waals surface area contributed by atoms with Gasteiger partial charge in [0.25, 0.3) is 5.91 Å². The van der Waals surface area contributed by atoms with Gasteiger partial charge in [-0.05, 0) is 36.4 Å². The van der Waals surface area contributed by atoms with Crippen LogP contribution in [0, 0.1) is 0 Å². The molecular weight excluding hydrogens is 308 g/mol. The summed E-state index contributed by atoms with van der Waals surface area (Å²) in [5, 5.41) is 0. The van der Waals surface area contributed by atoms with Gasteiger partial charge in [0.1, 0.15) is 11.5 Å². The molecule has 1 aliphatic heterocycles. The molecule has 0 saturated carbocycles. The maximum Gasteiger partial charge on any atom is 0.254 e. The molecule has 2 aromatic rings. The van der Waals surface area contributed by atoms with Crippen LogP contribution in [0.4, 0.5) is 0 Å². The molecule has 0 N–H and O–H groups in total. The first-order valence-electron chi connectivity index (χ1n) is 7.84. The Labute approximate surface area is 141 Å². The van der Waals surface area contributed by atoms with Crippen molar-refractivity contribution >= 4 is 5.91 Å². The highest BCUT2D eigenvalue weighted by molar-refractivity contribution is 5.94. The summed E-state index contributed by atoms with van der Waals surface area (Å²) < 4.78 is 16.4. The zero-order chi connectivity index (χ0) is 16.8. The fourth-order valence-electron chi connectivity index (χ4n) is 2.58. The number of benzene rings is 1. The van der Waals surface area contributed by atoms with Gasteiger partial charge in [0, 0.05) is 32.0 Å². The molecular formula is C18H20N2O4. The van der Waals surface area contributed by atoms with E-state index in [1.54, 1.807) is 48.7 Å². The molecule has 2 heterocycles. The Kier molecular flexibility index (Phi) is 5.40. The zero-order valence-electron chi connectivity index (χ0n) is 13.6. The molecule has 0 aliphatic carbocycles. The van der Waals surface area contributed by atoms with E-state index in [1.165, 1.54) is 0 Å². The van der Waals surface area contributed by atoms with E-state index in [1.807, 2.05) is 12.1 Å². The maximum atomic E-state index is 12.6. The number of carbonyl (C=O) groups excluding carboxylic acids is 1. The molecule has 1 aromatic carbocycles. The SMILES string of the molecule is COC[C@@H]1CN(C(=O)c2ccc(Oc3cccnc3)cc2)CCO1. The normalized spacial score (nSPS) is 17.5. The molecule has 1 atom stereocenters. The lowest BCUT2D eigenvalue weighted by molar-refractivity contribution is -0.0531. The average Bonchev–Trinajstić information content (AvgIpc) is 2.63. The van der Waals surface area contributed by atoms with Crippen LogP contribution in [-0.4, -0.2) is 55.3 Å². The molecule has 6 nitrogen and oxygen atoms in total. The minimum atomic E-state index is -0.0686. The van der Waals surface area contributed by atoms with Gasteiger partial charge in [0.2, 0.25) is 0 Å². The molecule has 3 rings (SSSR count). The van der Waals surface area contributed by atoms with E-state index in [4.69, 9.17) is 14.2 Å². The lowest BCUT2D eigenvalue weighted by Crippen LogP contribution is -2.47. The molecule has 0 unspecified atom stereocenters. The summed E-state index contributed by atoms with van der Waals surface area (Å²) in [6.07, 6.45) is 3.26. The van der Waals surface area contributed by atoms with Crippen LogP contribution in [0.2, 0.25) is 0 Å². The number of pyridine rings is 1. The fourth-order valence-corrected chi connectivity index (χ4v) is 2.58. The highest BCUT2D eigenvalue weighted by Gasteiger charge is 2.24. The van der Waals surface area contributed by atoms with Crippen molar-refractivity contribution in [3.05, 3.63) is 54.4 Å². The highest BCUT2D eigenvalue weighted by atomic mass is 16.5. The summed E-state index contributed by atoms with van der Waals surface area (Å²) in [6.45, 7) is 2.15. The Balaban J connectivity index is 1.63. The molecule has 1 amide bonds. The Morgan fingerprint density at radius 3 is 2.83 bits per heavy atom. The van der Waals surface area contributed by atoms with E-state index < -0.39 is 0 Å². The van der Waals surface area contributed by atoms with Crippen molar-refractivity contribution in [3.8, 4) is 11.5 Å². The smallest absolute Gasteiger partial charge is 0.254 e. The van der Waals surface area contributed by atoms with Crippen LogP contribution in [0.15, 0.2) is 48.8 Å². The van der Waals surface area contributed by atoms with Crippen molar-refractivity contribution in [2.45, 2.75) is 6.10 Å². The second-order valence-electron chi connectivity index (χ2n) is 5.51. The van der Waals surface area contributed by atoms with Crippen LogP contribution in [-0.2, 0) is 9.47 Å². The van der Waals surface area contributed by atoms with Crippen molar-refractivity contribution in [3.63, 3.8) is 0 Å². The Bertz CT molecular complexity index is 658. The summed E-state index contributed by atoms with van der Waals surface area (Å²) in [4.78, 5) is 18.4. The van der Waals surface area contributed by atoms with E-state index in [-0.39, 0.29) is 12.0 Å². The van der Waals surface area contributed by atoms with Gasteiger partial charge in [-0.3, -0.25) is 9.78 Å². The molecule has 1 aromatic heterocycles. The predicted octanol–water partition coefficient (Wildman–Crippen LogP) is 2.36. The van der Waals surface area contributed by atoms with Gasteiger partial charge < -0.3 is 19.1 Å².